The third-order valence-corrected chi connectivity index (χ3v) is 5.22. The molecule has 1 heterocycles. The van der Waals surface area contributed by atoms with Gasteiger partial charge in [-0.25, -0.2) is 0 Å². The quantitative estimate of drug-likeness (QED) is 0.851. The van der Waals surface area contributed by atoms with E-state index < -0.39 is 0 Å². The van der Waals surface area contributed by atoms with Crippen molar-refractivity contribution < 1.29 is 4.79 Å². The van der Waals surface area contributed by atoms with Gasteiger partial charge in [0.05, 0.1) is 6.42 Å². The van der Waals surface area contributed by atoms with Crippen LogP contribution in [0.4, 0.5) is 0 Å². The third-order valence-electron chi connectivity index (χ3n) is 4.85. The average molecular weight is 357 g/mol. The van der Waals surface area contributed by atoms with E-state index >= 15 is 0 Å². The first-order valence-electron chi connectivity index (χ1n) is 8.97. The van der Waals surface area contributed by atoms with Crippen LogP contribution in [-0.4, -0.2) is 30.4 Å². The third kappa shape index (κ3) is 5.58. The van der Waals surface area contributed by atoms with Crippen LogP contribution in [0.1, 0.15) is 24.0 Å². The molecule has 4 heteroatoms. The van der Waals surface area contributed by atoms with Crippen molar-refractivity contribution in [2.75, 3.05) is 19.6 Å². The number of rotatable bonds is 6. The number of halogens is 1. The Bertz CT molecular complexity index is 681. The highest BCUT2D eigenvalue weighted by Crippen LogP contribution is 2.19. The molecule has 0 saturated carbocycles. The highest BCUT2D eigenvalue weighted by atomic mass is 35.5. The van der Waals surface area contributed by atoms with Gasteiger partial charge in [0, 0.05) is 18.1 Å². The molecule has 1 fully saturated rings. The maximum absolute atomic E-state index is 12.1. The van der Waals surface area contributed by atoms with Crippen LogP contribution in [0, 0.1) is 5.92 Å². The van der Waals surface area contributed by atoms with E-state index in [-0.39, 0.29) is 5.91 Å². The summed E-state index contributed by atoms with van der Waals surface area (Å²) < 4.78 is 0. The summed E-state index contributed by atoms with van der Waals surface area (Å²) in [5.74, 6) is 0.627. The summed E-state index contributed by atoms with van der Waals surface area (Å²) in [4.78, 5) is 14.6. The molecule has 132 valence electrons. The van der Waals surface area contributed by atoms with Crippen LogP contribution in [0.3, 0.4) is 0 Å². The number of hydrogen-bond acceptors (Lipinski definition) is 2. The number of hydrogen-bond donors (Lipinski definition) is 1. The Morgan fingerprint density at radius 1 is 1.04 bits per heavy atom. The van der Waals surface area contributed by atoms with Crippen molar-refractivity contribution in [3.8, 4) is 0 Å². The molecule has 2 aromatic carbocycles. The highest BCUT2D eigenvalue weighted by molar-refractivity contribution is 6.31. The molecule has 1 aliphatic heterocycles. The molecule has 0 aliphatic carbocycles. The van der Waals surface area contributed by atoms with Crippen molar-refractivity contribution in [3.05, 3.63) is 70.7 Å². The average Bonchev–Trinajstić information content (AvgIpc) is 2.64. The zero-order chi connectivity index (χ0) is 17.5. The second kappa shape index (κ2) is 9.02. The van der Waals surface area contributed by atoms with Crippen LogP contribution < -0.4 is 5.32 Å². The normalized spacial score (nSPS) is 15.9. The topological polar surface area (TPSA) is 32.3 Å². The predicted molar refractivity (Wildman–Crippen MR) is 103 cm³/mol. The highest BCUT2D eigenvalue weighted by Gasteiger charge is 2.19. The zero-order valence-corrected chi connectivity index (χ0v) is 15.2. The number of likely N-dealkylation sites (tertiary alicyclic amines) is 1. The van der Waals surface area contributed by atoms with E-state index in [1.165, 1.54) is 5.56 Å². The Morgan fingerprint density at radius 3 is 2.44 bits per heavy atom. The van der Waals surface area contributed by atoms with Gasteiger partial charge in [0.25, 0.3) is 0 Å². The molecule has 25 heavy (non-hydrogen) atoms. The lowest BCUT2D eigenvalue weighted by Crippen LogP contribution is -2.38. The maximum atomic E-state index is 12.1. The molecule has 2 aromatic rings. The first kappa shape index (κ1) is 18.0. The van der Waals surface area contributed by atoms with Crippen LogP contribution in [0.2, 0.25) is 5.02 Å². The number of carbonyl (C=O) groups is 1. The Kier molecular flexibility index (Phi) is 6.48. The molecule has 0 unspecified atom stereocenters. The van der Waals surface area contributed by atoms with Crippen molar-refractivity contribution in [2.24, 2.45) is 5.92 Å². The summed E-state index contributed by atoms with van der Waals surface area (Å²) in [6.07, 6.45) is 2.63. The van der Waals surface area contributed by atoms with E-state index in [1.54, 1.807) is 0 Å². The van der Waals surface area contributed by atoms with Gasteiger partial charge < -0.3 is 5.32 Å². The van der Waals surface area contributed by atoms with E-state index in [9.17, 15) is 4.79 Å². The van der Waals surface area contributed by atoms with Gasteiger partial charge >= 0.3 is 0 Å². The molecule has 1 aliphatic rings. The smallest absolute Gasteiger partial charge is 0.224 e. The van der Waals surface area contributed by atoms with E-state index in [2.05, 4.69) is 40.5 Å². The van der Waals surface area contributed by atoms with Gasteiger partial charge in [0.1, 0.15) is 0 Å². The number of nitrogens with zero attached hydrogens (tertiary/aromatic N) is 1. The zero-order valence-electron chi connectivity index (χ0n) is 14.5. The minimum Gasteiger partial charge on any atom is -0.356 e. The summed E-state index contributed by atoms with van der Waals surface area (Å²) in [7, 11) is 0. The van der Waals surface area contributed by atoms with Crippen molar-refractivity contribution in [2.45, 2.75) is 25.8 Å². The molecule has 0 radical (unpaired) electrons. The van der Waals surface area contributed by atoms with Crippen LogP contribution in [0.25, 0.3) is 0 Å². The van der Waals surface area contributed by atoms with Gasteiger partial charge in [-0.3, -0.25) is 9.69 Å². The van der Waals surface area contributed by atoms with Gasteiger partial charge in [-0.2, -0.15) is 0 Å². The first-order chi connectivity index (χ1) is 12.2. The lowest BCUT2D eigenvalue weighted by Gasteiger charge is -2.32. The Morgan fingerprint density at radius 2 is 1.72 bits per heavy atom. The molecule has 0 bridgehead atoms. The molecular weight excluding hydrogens is 332 g/mol. The Labute approximate surface area is 155 Å². The SMILES string of the molecule is O=C(Cc1ccccc1Cl)NCC1CCN(Cc2ccccc2)CC1. The number of benzene rings is 2. The summed E-state index contributed by atoms with van der Waals surface area (Å²) in [5, 5.41) is 3.74. The fourth-order valence-corrected chi connectivity index (χ4v) is 3.53. The van der Waals surface area contributed by atoms with E-state index in [0.717, 1.165) is 44.6 Å². The largest absolute Gasteiger partial charge is 0.356 e. The van der Waals surface area contributed by atoms with Crippen LogP contribution >= 0.6 is 11.6 Å². The van der Waals surface area contributed by atoms with Gasteiger partial charge in [-0.05, 0) is 49.0 Å². The van der Waals surface area contributed by atoms with E-state index in [4.69, 9.17) is 11.6 Å². The molecule has 3 rings (SSSR count). The molecule has 0 atom stereocenters. The van der Waals surface area contributed by atoms with Crippen molar-refractivity contribution in [3.63, 3.8) is 0 Å². The van der Waals surface area contributed by atoms with E-state index in [0.29, 0.717) is 17.4 Å². The van der Waals surface area contributed by atoms with Gasteiger partial charge in [-0.15, -0.1) is 0 Å². The lowest BCUT2D eigenvalue weighted by molar-refractivity contribution is -0.120. The van der Waals surface area contributed by atoms with Crippen molar-refractivity contribution >= 4 is 17.5 Å². The fourth-order valence-electron chi connectivity index (χ4n) is 3.33. The Balaban J connectivity index is 1.38. The second-order valence-electron chi connectivity index (χ2n) is 6.78. The standard InChI is InChI=1S/C21H25ClN2O/c22-20-9-5-4-8-19(20)14-21(25)23-15-17-10-12-24(13-11-17)16-18-6-2-1-3-7-18/h1-9,17H,10-16H2,(H,23,25). The summed E-state index contributed by atoms with van der Waals surface area (Å²) in [5.41, 5.74) is 2.26. The number of amides is 1. The molecule has 1 saturated heterocycles. The van der Waals surface area contributed by atoms with Crippen LogP contribution in [0.15, 0.2) is 54.6 Å². The number of carbonyl (C=O) groups excluding carboxylic acids is 1. The molecule has 0 aromatic heterocycles. The molecule has 1 amide bonds. The van der Waals surface area contributed by atoms with Gasteiger partial charge in [0.2, 0.25) is 5.91 Å². The number of nitrogens with one attached hydrogen (secondary N) is 1. The van der Waals surface area contributed by atoms with E-state index in [1.807, 2.05) is 24.3 Å². The van der Waals surface area contributed by atoms with Crippen LogP contribution in [-0.2, 0) is 17.8 Å². The fraction of sp³-hybridized carbons (Fsp3) is 0.381. The summed E-state index contributed by atoms with van der Waals surface area (Å²) in [6, 6.07) is 18.1. The predicted octanol–water partition coefficient (Wildman–Crippen LogP) is 3.91. The van der Waals surface area contributed by atoms with Crippen molar-refractivity contribution in [1.29, 1.82) is 0 Å². The first-order valence-corrected chi connectivity index (χ1v) is 9.35. The molecule has 3 nitrogen and oxygen atoms in total. The van der Waals surface area contributed by atoms with Gasteiger partial charge in [0.15, 0.2) is 0 Å². The summed E-state index contributed by atoms with van der Waals surface area (Å²) >= 11 is 6.11. The minimum atomic E-state index is 0.0554. The molecular formula is C21H25ClN2O. The Hall–Kier alpha value is -1.84. The molecule has 0 spiro atoms. The summed E-state index contributed by atoms with van der Waals surface area (Å²) in [6.45, 7) is 3.98. The van der Waals surface area contributed by atoms with Crippen molar-refractivity contribution in [1.82, 2.24) is 10.2 Å². The maximum Gasteiger partial charge on any atom is 0.224 e. The lowest BCUT2D eigenvalue weighted by atomic mass is 9.96. The molecule has 1 N–H and O–H groups in total. The monoisotopic (exact) mass is 356 g/mol. The minimum absolute atomic E-state index is 0.0554. The van der Waals surface area contributed by atoms with Gasteiger partial charge in [-0.1, -0.05) is 60.1 Å². The second-order valence-corrected chi connectivity index (χ2v) is 7.18. The number of piperidine rings is 1. The van der Waals surface area contributed by atoms with Crippen LogP contribution in [0.5, 0.6) is 0 Å².